The molecular formula is C13H16N4O2S. The normalized spacial score (nSPS) is 10.4. The number of nitrogens with one attached hydrogen (secondary N) is 1. The molecule has 0 radical (unpaired) electrons. The second-order valence-electron chi connectivity index (χ2n) is 4.35. The molecule has 0 saturated carbocycles. The van der Waals surface area contributed by atoms with Crippen molar-refractivity contribution in [3.63, 3.8) is 0 Å². The lowest BCUT2D eigenvalue weighted by Crippen LogP contribution is -2.21. The van der Waals surface area contributed by atoms with Crippen LogP contribution in [0.2, 0.25) is 0 Å². The first-order valence-electron chi connectivity index (χ1n) is 6.28. The Kier molecular flexibility index (Phi) is 4.52. The molecule has 106 valence electrons. The molecule has 2 aromatic rings. The third-order valence-corrected chi connectivity index (χ3v) is 3.37. The standard InChI is InChI=1S/C13H16N4O2S/c1-2-5-17-7-9(3-4-12(17)19)15-11(18)6-10-8-20-13(14)16-10/h3-4,7-8H,2,5-6H2,1H3,(H2,14,16)(H,15,18). The van der Waals surface area contributed by atoms with E-state index in [-0.39, 0.29) is 17.9 Å². The van der Waals surface area contributed by atoms with Crippen molar-refractivity contribution in [2.45, 2.75) is 26.3 Å². The average Bonchev–Trinajstić information content (AvgIpc) is 2.79. The van der Waals surface area contributed by atoms with Crippen molar-refractivity contribution in [2.75, 3.05) is 11.1 Å². The summed E-state index contributed by atoms with van der Waals surface area (Å²) in [5.74, 6) is -0.183. The smallest absolute Gasteiger partial charge is 0.250 e. The number of pyridine rings is 1. The van der Waals surface area contributed by atoms with Crippen LogP contribution in [0.1, 0.15) is 19.0 Å². The number of hydrogen-bond acceptors (Lipinski definition) is 5. The first-order valence-corrected chi connectivity index (χ1v) is 7.16. The zero-order valence-corrected chi connectivity index (χ0v) is 11.9. The van der Waals surface area contributed by atoms with Gasteiger partial charge in [-0.2, -0.15) is 0 Å². The molecule has 0 atom stereocenters. The van der Waals surface area contributed by atoms with Crippen LogP contribution >= 0.6 is 11.3 Å². The van der Waals surface area contributed by atoms with Crippen LogP contribution < -0.4 is 16.6 Å². The number of amides is 1. The van der Waals surface area contributed by atoms with E-state index in [9.17, 15) is 9.59 Å². The van der Waals surface area contributed by atoms with Crippen LogP contribution in [0.25, 0.3) is 0 Å². The molecular weight excluding hydrogens is 276 g/mol. The van der Waals surface area contributed by atoms with Crippen LogP contribution in [-0.4, -0.2) is 15.5 Å². The van der Waals surface area contributed by atoms with Crippen molar-refractivity contribution < 1.29 is 4.79 Å². The van der Waals surface area contributed by atoms with Crippen molar-refractivity contribution in [2.24, 2.45) is 0 Å². The Bertz CT molecular complexity index is 662. The van der Waals surface area contributed by atoms with Gasteiger partial charge in [-0.1, -0.05) is 6.92 Å². The van der Waals surface area contributed by atoms with E-state index in [1.54, 1.807) is 22.2 Å². The van der Waals surface area contributed by atoms with Gasteiger partial charge in [0.15, 0.2) is 5.13 Å². The molecule has 2 heterocycles. The molecule has 0 saturated heterocycles. The fourth-order valence-corrected chi connectivity index (χ4v) is 2.36. The van der Waals surface area contributed by atoms with E-state index in [1.807, 2.05) is 6.92 Å². The number of aryl methyl sites for hydroxylation is 1. The maximum absolute atomic E-state index is 11.9. The number of nitrogen functional groups attached to an aromatic ring is 1. The molecule has 0 spiro atoms. The maximum atomic E-state index is 11.9. The zero-order chi connectivity index (χ0) is 14.5. The van der Waals surface area contributed by atoms with Crippen LogP contribution in [0, 0.1) is 0 Å². The summed E-state index contributed by atoms with van der Waals surface area (Å²) >= 11 is 1.30. The fourth-order valence-electron chi connectivity index (χ4n) is 1.79. The van der Waals surface area contributed by atoms with Gasteiger partial charge in [0, 0.05) is 24.2 Å². The molecule has 0 fully saturated rings. The third-order valence-electron chi connectivity index (χ3n) is 2.64. The van der Waals surface area contributed by atoms with Crippen LogP contribution in [0.15, 0.2) is 28.5 Å². The molecule has 0 aliphatic rings. The first kappa shape index (κ1) is 14.3. The Morgan fingerprint density at radius 1 is 1.50 bits per heavy atom. The van der Waals surface area contributed by atoms with Crippen molar-refractivity contribution in [3.05, 3.63) is 39.8 Å². The number of carbonyl (C=O) groups is 1. The third kappa shape index (κ3) is 3.67. The predicted molar refractivity (Wildman–Crippen MR) is 79.9 cm³/mol. The summed E-state index contributed by atoms with van der Waals surface area (Å²) < 4.78 is 1.58. The Labute approximate surface area is 120 Å². The number of thiazole rings is 1. The highest BCUT2D eigenvalue weighted by molar-refractivity contribution is 7.13. The van der Waals surface area contributed by atoms with Gasteiger partial charge >= 0.3 is 0 Å². The summed E-state index contributed by atoms with van der Waals surface area (Å²) in [5, 5.41) is 4.96. The molecule has 0 unspecified atom stereocenters. The van der Waals surface area contributed by atoms with Gasteiger partial charge in [0.1, 0.15) is 0 Å². The van der Waals surface area contributed by atoms with Crippen molar-refractivity contribution >= 4 is 28.1 Å². The van der Waals surface area contributed by atoms with Gasteiger partial charge in [-0.15, -0.1) is 11.3 Å². The number of carbonyl (C=O) groups excluding carboxylic acids is 1. The van der Waals surface area contributed by atoms with E-state index >= 15 is 0 Å². The van der Waals surface area contributed by atoms with E-state index in [2.05, 4.69) is 10.3 Å². The highest BCUT2D eigenvalue weighted by atomic mass is 32.1. The molecule has 2 rings (SSSR count). The lowest BCUT2D eigenvalue weighted by molar-refractivity contribution is -0.115. The second-order valence-corrected chi connectivity index (χ2v) is 5.24. The Hall–Kier alpha value is -2.15. The van der Waals surface area contributed by atoms with Crippen LogP contribution in [0.4, 0.5) is 10.8 Å². The molecule has 6 nitrogen and oxygen atoms in total. The first-order chi connectivity index (χ1) is 9.58. The molecule has 0 aliphatic heterocycles. The molecule has 1 amide bonds. The molecule has 2 aromatic heterocycles. The van der Waals surface area contributed by atoms with Gasteiger partial charge in [0.25, 0.3) is 5.56 Å². The molecule has 0 aromatic carbocycles. The van der Waals surface area contributed by atoms with Crippen molar-refractivity contribution in [1.29, 1.82) is 0 Å². The minimum absolute atomic E-state index is 0.0721. The number of hydrogen-bond donors (Lipinski definition) is 2. The highest BCUT2D eigenvalue weighted by Gasteiger charge is 2.08. The Morgan fingerprint density at radius 3 is 2.95 bits per heavy atom. The molecule has 0 aliphatic carbocycles. The SMILES string of the molecule is CCCn1cc(NC(=O)Cc2csc(N)n2)ccc1=O. The highest BCUT2D eigenvalue weighted by Crippen LogP contribution is 2.12. The second kappa shape index (κ2) is 6.33. The lowest BCUT2D eigenvalue weighted by atomic mass is 10.3. The zero-order valence-electron chi connectivity index (χ0n) is 11.1. The van der Waals surface area contributed by atoms with Crippen LogP contribution in [-0.2, 0) is 17.8 Å². The van der Waals surface area contributed by atoms with Gasteiger partial charge < -0.3 is 15.6 Å². The minimum Gasteiger partial charge on any atom is -0.375 e. The Morgan fingerprint density at radius 2 is 2.30 bits per heavy atom. The van der Waals surface area contributed by atoms with Crippen LogP contribution in [0.5, 0.6) is 0 Å². The molecule has 3 N–H and O–H groups in total. The molecule has 20 heavy (non-hydrogen) atoms. The monoisotopic (exact) mass is 292 g/mol. The topological polar surface area (TPSA) is 90.0 Å². The quantitative estimate of drug-likeness (QED) is 0.873. The van der Waals surface area contributed by atoms with Crippen molar-refractivity contribution in [3.8, 4) is 0 Å². The van der Waals surface area contributed by atoms with Gasteiger partial charge in [-0.25, -0.2) is 4.98 Å². The average molecular weight is 292 g/mol. The summed E-state index contributed by atoms with van der Waals surface area (Å²) in [6.45, 7) is 2.62. The summed E-state index contributed by atoms with van der Waals surface area (Å²) in [7, 11) is 0. The summed E-state index contributed by atoms with van der Waals surface area (Å²) in [6.07, 6.45) is 2.68. The number of rotatable bonds is 5. The van der Waals surface area contributed by atoms with Crippen LogP contribution in [0.3, 0.4) is 0 Å². The van der Waals surface area contributed by atoms with Gasteiger partial charge in [-0.3, -0.25) is 9.59 Å². The maximum Gasteiger partial charge on any atom is 0.250 e. The van der Waals surface area contributed by atoms with E-state index < -0.39 is 0 Å². The summed E-state index contributed by atoms with van der Waals surface area (Å²) in [6, 6.07) is 3.05. The number of aromatic nitrogens is 2. The van der Waals surface area contributed by atoms with E-state index in [0.717, 1.165) is 6.42 Å². The van der Waals surface area contributed by atoms with Gasteiger partial charge in [0.2, 0.25) is 5.91 Å². The number of nitrogens with zero attached hydrogens (tertiary/aromatic N) is 2. The Balaban J connectivity index is 2.04. The van der Waals surface area contributed by atoms with E-state index in [4.69, 9.17) is 5.73 Å². The lowest BCUT2D eigenvalue weighted by Gasteiger charge is -2.08. The van der Waals surface area contributed by atoms with E-state index in [1.165, 1.54) is 17.4 Å². The summed E-state index contributed by atoms with van der Waals surface area (Å²) in [5.41, 5.74) is 6.69. The van der Waals surface area contributed by atoms with E-state index in [0.29, 0.717) is 23.1 Å². The number of anilines is 2. The summed E-state index contributed by atoms with van der Waals surface area (Å²) in [4.78, 5) is 27.5. The number of nitrogens with two attached hydrogens (primary N) is 1. The fraction of sp³-hybridized carbons (Fsp3) is 0.308. The van der Waals surface area contributed by atoms with Gasteiger partial charge in [-0.05, 0) is 12.5 Å². The van der Waals surface area contributed by atoms with Crippen molar-refractivity contribution in [1.82, 2.24) is 9.55 Å². The minimum atomic E-state index is -0.183. The predicted octanol–water partition coefficient (Wildman–Crippen LogP) is 1.48. The molecule has 7 heteroatoms. The molecule has 0 bridgehead atoms. The largest absolute Gasteiger partial charge is 0.375 e. The van der Waals surface area contributed by atoms with Gasteiger partial charge in [0.05, 0.1) is 17.8 Å².